The van der Waals surface area contributed by atoms with Gasteiger partial charge in [-0.15, -0.1) is 0 Å². The molecule has 1 fully saturated rings. The van der Waals surface area contributed by atoms with E-state index in [1.165, 1.54) is 0 Å². The number of amides is 1. The van der Waals surface area contributed by atoms with Crippen molar-refractivity contribution >= 4 is 17.7 Å². The van der Waals surface area contributed by atoms with E-state index in [2.05, 4.69) is 4.74 Å². The standard InChI is InChI=1S/C4H8N2O2.C4H7NO.C2H6/c1-2-8-4(7)3(5)6;5-4(6)3-1-2-3;1-2/h2H2,1H3,(H3,5,6);3H,1-2H2,(H2,5,6);1-2H3. The molecule has 0 saturated heterocycles. The number of nitrogens with one attached hydrogen (secondary N) is 1. The van der Waals surface area contributed by atoms with Crippen LogP contribution in [0.3, 0.4) is 0 Å². The fourth-order valence-electron chi connectivity index (χ4n) is 0.577. The molecular formula is C10H21N3O3. The van der Waals surface area contributed by atoms with Crippen molar-refractivity contribution in [3.63, 3.8) is 0 Å². The normalized spacial score (nSPS) is 12.2. The summed E-state index contributed by atoms with van der Waals surface area (Å²) in [5.74, 6) is -1.20. The van der Waals surface area contributed by atoms with Crippen LogP contribution in [0.1, 0.15) is 33.6 Å². The molecule has 1 aliphatic carbocycles. The lowest BCUT2D eigenvalue weighted by molar-refractivity contribution is -0.135. The van der Waals surface area contributed by atoms with Crippen LogP contribution in [-0.2, 0) is 14.3 Å². The van der Waals surface area contributed by atoms with Gasteiger partial charge in [0.05, 0.1) is 6.61 Å². The van der Waals surface area contributed by atoms with Gasteiger partial charge in [0.25, 0.3) is 0 Å². The molecule has 0 aromatic rings. The highest BCUT2D eigenvalue weighted by Gasteiger charge is 2.26. The van der Waals surface area contributed by atoms with Gasteiger partial charge in [0, 0.05) is 5.92 Å². The van der Waals surface area contributed by atoms with Crippen molar-refractivity contribution in [1.82, 2.24) is 0 Å². The van der Waals surface area contributed by atoms with E-state index < -0.39 is 11.8 Å². The van der Waals surface area contributed by atoms with Gasteiger partial charge in [0.1, 0.15) is 0 Å². The van der Waals surface area contributed by atoms with Gasteiger partial charge in [-0.2, -0.15) is 0 Å². The van der Waals surface area contributed by atoms with Crippen LogP contribution in [0.5, 0.6) is 0 Å². The topological polar surface area (TPSA) is 119 Å². The van der Waals surface area contributed by atoms with Crippen LogP contribution in [0.4, 0.5) is 0 Å². The summed E-state index contributed by atoms with van der Waals surface area (Å²) in [6, 6.07) is 0. The molecular weight excluding hydrogens is 210 g/mol. The Balaban J connectivity index is 0. The van der Waals surface area contributed by atoms with Crippen LogP contribution in [0.2, 0.25) is 0 Å². The zero-order valence-corrected chi connectivity index (χ0v) is 10.1. The Morgan fingerprint density at radius 2 is 1.75 bits per heavy atom. The van der Waals surface area contributed by atoms with Crippen LogP contribution in [0.15, 0.2) is 0 Å². The molecule has 0 aromatic heterocycles. The predicted octanol–water partition coefficient (Wildman–Crippen LogP) is 0.393. The summed E-state index contributed by atoms with van der Waals surface area (Å²) in [6.45, 7) is 5.92. The number of hydrogen-bond donors (Lipinski definition) is 3. The molecule has 94 valence electrons. The lowest BCUT2D eigenvalue weighted by atomic mass is 10.4. The van der Waals surface area contributed by atoms with E-state index in [0.717, 1.165) is 12.8 Å². The number of nitrogens with two attached hydrogens (primary N) is 2. The lowest BCUT2D eigenvalue weighted by Gasteiger charge is -1.95. The SMILES string of the molecule is CC.CCOC(=O)C(=N)N.NC(=O)C1CC1. The monoisotopic (exact) mass is 231 g/mol. The maximum atomic E-state index is 10.2. The highest BCUT2D eigenvalue weighted by atomic mass is 16.5. The Bertz CT molecular complexity index is 237. The molecule has 0 atom stereocenters. The summed E-state index contributed by atoms with van der Waals surface area (Å²) in [7, 11) is 0. The third-order valence-corrected chi connectivity index (χ3v) is 1.48. The van der Waals surface area contributed by atoms with E-state index in [4.69, 9.17) is 16.9 Å². The van der Waals surface area contributed by atoms with E-state index in [0.29, 0.717) is 0 Å². The molecule has 0 spiro atoms. The predicted molar refractivity (Wildman–Crippen MR) is 61.8 cm³/mol. The highest BCUT2D eigenvalue weighted by molar-refractivity contribution is 6.33. The zero-order chi connectivity index (χ0) is 13.1. The van der Waals surface area contributed by atoms with Crippen LogP contribution in [0.25, 0.3) is 0 Å². The Kier molecular flexibility index (Phi) is 10.5. The molecule has 6 nitrogen and oxygen atoms in total. The minimum absolute atomic E-state index is 0.130. The second-order valence-corrected chi connectivity index (χ2v) is 2.81. The number of carbonyl (C=O) groups excluding carboxylic acids is 2. The number of rotatable bonds is 2. The quantitative estimate of drug-likeness (QED) is 0.362. The Labute approximate surface area is 95.8 Å². The molecule has 0 bridgehead atoms. The molecule has 0 radical (unpaired) electrons. The Morgan fingerprint density at radius 1 is 1.31 bits per heavy atom. The molecule has 0 unspecified atom stereocenters. The van der Waals surface area contributed by atoms with Crippen molar-refractivity contribution in [1.29, 1.82) is 5.41 Å². The van der Waals surface area contributed by atoms with Crippen molar-refractivity contribution < 1.29 is 14.3 Å². The first-order chi connectivity index (χ1) is 7.49. The molecule has 0 aliphatic heterocycles. The summed E-state index contributed by atoms with van der Waals surface area (Å²) < 4.78 is 4.31. The fraction of sp³-hybridized carbons (Fsp3) is 0.700. The first kappa shape index (κ1) is 16.8. The number of carbonyl (C=O) groups is 2. The molecule has 1 rings (SSSR count). The van der Waals surface area contributed by atoms with Crippen molar-refractivity contribution in [2.45, 2.75) is 33.6 Å². The van der Waals surface area contributed by atoms with E-state index >= 15 is 0 Å². The molecule has 0 aromatic carbocycles. The van der Waals surface area contributed by atoms with Crippen molar-refractivity contribution in [3.05, 3.63) is 0 Å². The number of esters is 1. The van der Waals surface area contributed by atoms with Crippen molar-refractivity contribution in [2.75, 3.05) is 6.61 Å². The summed E-state index contributed by atoms with van der Waals surface area (Å²) in [5.41, 5.74) is 9.59. The van der Waals surface area contributed by atoms with Crippen LogP contribution >= 0.6 is 0 Å². The molecule has 1 aliphatic rings. The van der Waals surface area contributed by atoms with Gasteiger partial charge < -0.3 is 16.2 Å². The summed E-state index contributed by atoms with van der Waals surface area (Å²) in [6.07, 6.45) is 2.05. The highest BCUT2D eigenvalue weighted by Crippen LogP contribution is 2.27. The molecule has 1 amide bonds. The minimum atomic E-state index is -0.757. The first-order valence-corrected chi connectivity index (χ1v) is 5.29. The Hall–Kier alpha value is -1.59. The van der Waals surface area contributed by atoms with Crippen LogP contribution < -0.4 is 11.5 Å². The van der Waals surface area contributed by atoms with Gasteiger partial charge in [-0.25, -0.2) is 4.79 Å². The van der Waals surface area contributed by atoms with E-state index in [1.54, 1.807) is 6.92 Å². The number of primary amides is 1. The van der Waals surface area contributed by atoms with Crippen molar-refractivity contribution in [3.8, 4) is 0 Å². The van der Waals surface area contributed by atoms with Crippen molar-refractivity contribution in [2.24, 2.45) is 17.4 Å². The average Bonchev–Trinajstić information content (AvgIpc) is 3.05. The second-order valence-electron chi connectivity index (χ2n) is 2.81. The number of hydrogen-bond acceptors (Lipinski definition) is 4. The molecule has 16 heavy (non-hydrogen) atoms. The van der Waals surface area contributed by atoms with Crippen LogP contribution in [0, 0.1) is 11.3 Å². The fourth-order valence-corrected chi connectivity index (χ4v) is 0.577. The smallest absolute Gasteiger partial charge is 0.373 e. The maximum Gasteiger partial charge on any atom is 0.373 e. The molecule has 1 saturated carbocycles. The summed E-state index contributed by atoms with van der Waals surface area (Å²) in [5, 5.41) is 6.51. The van der Waals surface area contributed by atoms with Gasteiger partial charge in [0.15, 0.2) is 0 Å². The Morgan fingerprint density at radius 3 is 1.81 bits per heavy atom. The first-order valence-electron chi connectivity index (χ1n) is 5.29. The van der Waals surface area contributed by atoms with Gasteiger partial charge in [-0.05, 0) is 19.8 Å². The van der Waals surface area contributed by atoms with Crippen LogP contribution in [-0.4, -0.2) is 24.3 Å². The van der Waals surface area contributed by atoms with Gasteiger partial charge in [-0.1, -0.05) is 13.8 Å². The minimum Gasteiger partial charge on any atom is -0.460 e. The van der Waals surface area contributed by atoms with Gasteiger partial charge >= 0.3 is 5.97 Å². The summed E-state index contributed by atoms with van der Waals surface area (Å²) in [4.78, 5) is 20.2. The average molecular weight is 231 g/mol. The van der Waals surface area contributed by atoms with E-state index in [9.17, 15) is 9.59 Å². The second kappa shape index (κ2) is 9.95. The van der Waals surface area contributed by atoms with Gasteiger partial charge in [-0.3, -0.25) is 10.2 Å². The van der Waals surface area contributed by atoms with E-state index in [1.807, 2.05) is 13.8 Å². The summed E-state index contributed by atoms with van der Waals surface area (Å²) >= 11 is 0. The van der Waals surface area contributed by atoms with Gasteiger partial charge in [0.2, 0.25) is 11.7 Å². The zero-order valence-electron chi connectivity index (χ0n) is 10.1. The third-order valence-electron chi connectivity index (χ3n) is 1.48. The lowest BCUT2D eigenvalue weighted by Crippen LogP contribution is -2.24. The molecule has 6 heteroatoms. The third kappa shape index (κ3) is 10.5. The number of ether oxygens (including phenoxy) is 1. The molecule has 5 N–H and O–H groups in total. The molecule has 0 heterocycles. The maximum absolute atomic E-state index is 10.2. The number of amidine groups is 1. The van der Waals surface area contributed by atoms with E-state index in [-0.39, 0.29) is 18.4 Å². The largest absolute Gasteiger partial charge is 0.460 e.